The second kappa shape index (κ2) is 5.91. The molecule has 1 aromatic heterocycles. The number of tetrazole rings is 1. The number of primary amides is 1. The summed E-state index contributed by atoms with van der Waals surface area (Å²) in [6.45, 7) is 0. The second-order valence-corrected chi connectivity index (χ2v) is 4.80. The molecule has 0 bridgehead atoms. The van der Waals surface area contributed by atoms with Gasteiger partial charge in [0.05, 0.1) is 0 Å². The maximum Gasteiger partial charge on any atom is 0.248 e. The summed E-state index contributed by atoms with van der Waals surface area (Å²) in [5.74, 6) is -1.45. The average molecular weight is 315 g/mol. The first-order chi connectivity index (χ1) is 11.0. The largest absolute Gasteiger partial charge is 0.367 e. The van der Waals surface area contributed by atoms with Crippen LogP contribution in [0.25, 0.3) is 11.4 Å². The van der Waals surface area contributed by atoms with Gasteiger partial charge >= 0.3 is 0 Å². The first-order valence-electron chi connectivity index (χ1n) is 6.65. The van der Waals surface area contributed by atoms with Gasteiger partial charge < -0.3 is 5.73 Å². The molecular formula is C15H11F2N5O. The van der Waals surface area contributed by atoms with Crippen molar-refractivity contribution in [2.24, 2.45) is 5.73 Å². The summed E-state index contributed by atoms with van der Waals surface area (Å²) >= 11 is 0. The number of carbonyl (C=O) groups excluding carboxylic acids is 1. The zero-order valence-electron chi connectivity index (χ0n) is 11.7. The van der Waals surface area contributed by atoms with Crippen molar-refractivity contribution < 1.29 is 13.6 Å². The Balaban J connectivity index is 1.99. The van der Waals surface area contributed by atoms with Crippen LogP contribution in [0.15, 0.2) is 48.5 Å². The van der Waals surface area contributed by atoms with E-state index in [2.05, 4.69) is 15.4 Å². The normalized spacial score (nSPS) is 12.1. The third kappa shape index (κ3) is 3.05. The zero-order chi connectivity index (χ0) is 16.4. The standard InChI is InChI=1S/C15H11F2N5O/c16-11-6-4-9(5-7-11)13(14(18)23)22-20-15(19-21-22)10-2-1-3-12(17)8-10/h1-8,13H,(H2,18,23)/t13-/m0/s1. The molecule has 0 aliphatic heterocycles. The van der Waals surface area contributed by atoms with E-state index in [0.717, 1.165) is 4.80 Å². The number of hydrogen-bond donors (Lipinski definition) is 1. The van der Waals surface area contributed by atoms with E-state index >= 15 is 0 Å². The molecular weight excluding hydrogens is 304 g/mol. The predicted octanol–water partition coefficient (Wildman–Crippen LogP) is 1.69. The number of rotatable bonds is 4. The minimum absolute atomic E-state index is 0.151. The van der Waals surface area contributed by atoms with Crippen LogP contribution in [-0.2, 0) is 4.79 Å². The molecule has 2 aromatic carbocycles. The van der Waals surface area contributed by atoms with E-state index in [1.807, 2.05) is 0 Å². The van der Waals surface area contributed by atoms with Gasteiger partial charge in [0.2, 0.25) is 11.7 Å². The summed E-state index contributed by atoms with van der Waals surface area (Å²) in [6, 6.07) is 9.86. The van der Waals surface area contributed by atoms with Gasteiger partial charge in [0.15, 0.2) is 6.04 Å². The molecule has 1 heterocycles. The second-order valence-electron chi connectivity index (χ2n) is 4.80. The fourth-order valence-corrected chi connectivity index (χ4v) is 2.13. The molecule has 0 unspecified atom stereocenters. The van der Waals surface area contributed by atoms with Crippen molar-refractivity contribution >= 4 is 5.91 Å². The first-order valence-corrected chi connectivity index (χ1v) is 6.65. The summed E-state index contributed by atoms with van der Waals surface area (Å²) in [4.78, 5) is 12.7. The molecule has 3 rings (SSSR count). The van der Waals surface area contributed by atoms with E-state index in [4.69, 9.17) is 5.73 Å². The topological polar surface area (TPSA) is 86.7 Å². The first kappa shape index (κ1) is 14.8. The lowest BCUT2D eigenvalue weighted by Gasteiger charge is -2.11. The van der Waals surface area contributed by atoms with Crippen molar-refractivity contribution in [3.8, 4) is 11.4 Å². The van der Waals surface area contributed by atoms with Crippen molar-refractivity contribution in [1.82, 2.24) is 20.2 Å². The molecule has 8 heteroatoms. The number of nitrogens with zero attached hydrogens (tertiary/aromatic N) is 4. The Morgan fingerprint density at radius 1 is 1.09 bits per heavy atom. The fraction of sp³-hybridized carbons (Fsp3) is 0.0667. The molecule has 1 amide bonds. The Kier molecular flexibility index (Phi) is 3.80. The van der Waals surface area contributed by atoms with E-state index < -0.39 is 23.6 Å². The molecule has 116 valence electrons. The predicted molar refractivity (Wildman–Crippen MR) is 76.9 cm³/mol. The maximum atomic E-state index is 13.3. The summed E-state index contributed by atoms with van der Waals surface area (Å²) < 4.78 is 26.3. The van der Waals surface area contributed by atoms with E-state index in [0.29, 0.717) is 11.1 Å². The highest BCUT2D eigenvalue weighted by molar-refractivity contribution is 5.81. The minimum Gasteiger partial charge on any atom is -0.367 e. The van der Waals surface area contributed by atoms with Crippen molar-refractivity contribution in [2.45, 2.75) is 6.04 Å². The highest BCUT2D eigenvalue weighted by Crippen LogP contribution is 2.19. The molecule has 0 aliphatic rings. The third-order valence-corrected chi connectivity index (χ3v) is 3.20. The van der Waals surface area contributed by atoms with Crippen molar-refractivity contribution in [3.63, 3.8) is 0 Å². The molecule has 0 fully saturated rings. The molecule has 0 aliphatic carbocycles. The third-order valence-electron chi connectivity index (χ3n) is 3.20. The average Bonchev–Trinajstić information content (AvgIpc) is 2.99. The lowest BCUT2D eigenvalue weighted by Crippen LogP contribution is -2.29. The molecule has 0 radical (unpaired) electrons. The van der Waals surface area contributed by atoms with Gasteiger partial charge in [-0.2, -0.15) is 0 Å². The summed E-state index contributed by atoms with van der Waals surface area (Å²) in [5, 5.41) is 11.7. The molecule has 6 nitrogen and oxygen atoms in total. The minimum atomic E-state index is -1.04. The Morgan fingerprint density at radius 3 is 2.48 bits per heavy atom. The van der Waals surface area contributed by atoms with Crippen LogP contribution >= 0.6 is 0 Å². The van der Waals surface area contributed by atoms with Gasteiger partial charge in [0.1, 0.15) is 11.6 Å². The highest BCUT2D eigenvalue weighted by atomic mass is 19.1. The lowest BCUT2D eigenvalue weighted by atomic mass is 10.1. The monoisotopic (exact) mass is 315 g/mol. The van der Waals surface area contributed by atoms with Crippen LogP contribution in [0.5, 0.6) is 0 Å². The number of benzene rings is 2. The van der Waals surface area contributed by atoms with E-state index in [-0.39, 0.29) is 5.82 Å². The Morgan fingerprint density at radius 2 is 1.83 bits per heavy atom. The molecule has 0 saturated heterocycles. The van der Waals surface area contributed by atoms with Crippen LogP contribution in [0, 0.1) is 11.6 Å². The summed E-state index contributed by atoms with van der Waals surface area (Å²) in [7, 11) is 0. The Hall–Kier alpha value is -3.16. The summed E-state index contributed by atoms with van der Waals surface area (Å²) in [6.07, 6.45) is 0. The van der Waals surface area contributed by atoms with Crippen LogP contribution in [0.3, 0.4) is 0 Å². The van der Waals surface area contributed by atoms with Gasteiger partial charge in [0.25, 0.3) is 0 Å². The van der Waals surface area contributed by atoms with E-state index in [1.54, 1.807) is 6.07 Å². The molecule has 0 saturated carbocycles. The summed E-state index contributed by atoms with van der Waals surface area (Å²) in [5.41, 5.74) is 6.22. The van der Waals surface area contributed by atoms with E-state index in [9.17, 15) is 13.6 Å². The van der Waals surface area contributed by atoms with E-state index in [1.165, 1.54) is 42.5 Å². The van der Waals surface area contributed by atoms with Crippen molar-refractivity contribution in [3.05, 3.63) is 65.7 Å². The Bertz CT molecular complexity index is 847. The van der Waals surface area contributed by atoms with Crippen LogP contribution in [0.2, 0.25) is 0 Å². The van der Waals surface area contributed by atoms with Gasteiger partial charge in [-0.1, -0.05) is 24.3 Å². The van der Waals surface area contributed by atoms with Gasteiger partial charge in [-0.3, -0.25) is 4.79 Å². The molecule has 3 aromatic rings. The van der Waals surface area contributed by atoms with Gasteiger partial charge in [-0.25, -0.2) is 8.78 Å². The smallest absolute Gasteiger partial charge is 0.248 e. The Labute approximate surface area is 129 Å². The van der Waals surface area contributed by atoms with Crippen LogP contribution < -0.4 is 5.73 Å². The number of hydrogen-bond acceptors (Lipinski definition) is 4. The van der Waals surface area contributed by atoms with Gasteiger partial charge in [-0.05, 0) is 35.0 Å². The maximum absolute atomic E-state index is 13.3. The number of carbonyl (C=O) groups is 1. The number of nitrogens with two attached hydrogens (primary N) is 1. The van der Waals surface area contributed by atoms with Gasteiger partial charge in [-0.15, -0.1) is 15.0 Å². The fourth-order valence-electron chi connectivity index (χ4n) is 2.13. The van der Waals surface area contributed by atoms with Crippen LogP contribution in [0.4, 0.5) is 8.78 Å². The quantitative estimate of drug-likeness (QED) is 0.794. The number of amides is 1. The van der Waals surface area contributed by atoms with Crippen molar-refractivity contribution in [1.29, 1.82) is 0 Å². The van der Waals surface area contributed by atoms with Crippen LogP contribution in [-0.4, -0.2) is 26.1 Å². The SMILES string of the molecule is NC(=O)[C@H](c1ccc(F)cc1)n1nnc(-c2cccc(F)c2)n1. The molecule has 0 spiro atoms. The highest BCUT2D eigenvalue weighted by Gasteiger charge is 2.23. The molecule has 1 atom stereocenters. The van der Waals surface area contributed by atoms with Crippen LogP contribution in [0.1, 0.15) is 11.6 Å². The molecule has 2 N–H and O–H groups in total. The molecule has 23 heavy (non-hydrogen) atoms. The van der Waals surface area contributed by atoms with Gasteiger partial charge in [0, 0.05) is 5.56 Å². The number of halogens is 2. The zero-order valence-corrected chi connectivity index (χ0v) is 11.7. The lowest BCUT2D eigenvalue weighted by molar-refractivity contribution is -0.120. The van der Waals surface area contributed by atoms with Crippen molar-refractivity contribution in [2.75, 3.05) is 0 Å². The number of aromatic nitrogens is 4.